The summed E-state index contributed by atoms with van der Waals surface area (Å²) < 4.78 is 14.9. The smallest absolute Gasteiger partial charge is 0.274 e. The number of terminal acetylenes is 1. The average Bonchev–Trinajstić information content (AvgIpc) is 2.79. The summed E-state index contributed by atoms with van der Waals surface area (Å²) in [5, 5.41) is 3.78. The summed E-state index contributed by atoms with van der Waals surface area (Å²) in [5.74, 6) is 1.55. The Morgan fingerprint density at radius 3 is 2.59 bits per heavy atom. The van der Waals surface area contributed by atoms with Crippen molar-refractivity contribution in [2.45, 2.75) is 13.0 Å². The molecule has 32 heavy (non-hydrogen) atoms. The summed E-state index contributed by atoms with van der Waals surface area (Å²) in [6, 6.07) is 11.8. The molecule has 0 aliphatic heterocycles. The van der Waals surface area contributed by atoms with Crippen LogP contribution in [0.1, 0.15) is 34.7 Å². The Hall–Kier alpha value is -4.51. The van der Waals surface area contributed by atoms with Gasteiger partial charge in [0.1, 0.15) is 5.82 Å². The summed E-state index contributed by atoms with van der Waals surface area (Å²) >= 11 is 0. The molecule has 0 saturated carbocycles. The number of pyridine rings is 1. The number of benzene rings is 2. The number of hydrogen-bond donors (Lipinski definition) is 2. The van der Waals surface area contributed by atoms with Crippen LogP contribution >= 0.6 is 0 Å². The summed E-state index contributed by atoms with van der Waals surface area (Å²) in [5.41, 5.74) is 6.70. The molecule has 0 aliphatic rings. The molecule has 0 spiro atoms. The van der Waals surface area contributed by atoms with Gasteiger partial charge < -0.3 is 11.1 Å². The van der Waals surface area contributed by atoms with Gasteiger partial charge in [-0.1, -0.05) is 18.1 Å². The summed E-state index contributed by atoms with van der Waals surface area (Å²) in [6.07, 6.45) is 8.35. The molecule has 158 valence electrons. The Balaban J connectivity index is 1.89. The molecule has 2 aromatic heterocycles. The van der Waals surface area contributed by atoms with E-state index in [4.69, 9.17) is 12.2 Å². The van der Waals surface area contributed by atoms with Crippen LogP contribution in [0.3, 0.4) is 0 Å². The van der Waals surface area contributed by atoms with Gasteiger partial charge in [-0.2, -0.15) is 0 Å². The van der Waals surface area contributed by atoms with E-state index in [2.05, 4.69) is 21.2 Å². The molecule has 2 aromatic carbocycles. The lowest BCUT2D eigenvalue weighted by Gasteiger charge is -2.21. The molecule has 4 rings (SSSR count). The number of nitrogen functional groups attached to an aromatic ring is 1. The monoisotopic (exact) mass is 427 g/mol. The van der Waals surface area contributed by atoms with Crippen molar-refractivity contribution < 1.29 is 9.18 Å². The van der Waals surface area contributed by atoms with Gasteiger partial charge in [0.2, 0.25) is 0 Å². The molecule has 0 fully saturated rings. The third-order valence-electron chi connectivity index (χ3n) is 5.05. The number of nitrogens with zero attached hydrogens (tertiary/aromatic N) is 3. The van der Waals surface area contributed by atoms with Gasteiger partial charge in [-0.15, -0.1) is 6.42 Å². The van der Waals surface area contributed by atoms with Gasteiger partial charge in [-0.25, -0.2) is 14.4 Å². The molecule has 7 nitrogen and oxygen atoms in total. The first-order valence-corrected chi connectivity index (χ1v) is 9.69. The fourth-order valence-corrected chi connectivity index (χ4v) is 3.54. The minimum atomic E-state index is -0.638. The first kappa shape index (κ1) is 20.8. The molecule has 3 N–H and O–H groups in total. The predicted molar refractivity (Wildman–Crippen MR) is 120 cm³/mol. The van der Waals surface area contributed by atoms with Crippen LogP contribution in [-0.4, -0.2) is 20.4 Å². The second-order valence-corrected chi connectivity index (χ2v) is 7.09. The molecule has 8 heteroatoms. The number of nitrogens with one attached hydrogen (secondary N) is 1. The third-order valence-corrected chi connectivity index (χ3v) is 5.05. The second kappa shape index (κ2) is 8.32. The van der Waals surface area contributed by atoms with E-state index < -0.39 is 17.8 Å². The number of aromatic nitrogens is 3. The highest BCUT2D eigenvalue weighted by molar-refractivity contribution is 5.96. The third kappa shape index (κ3) is 3.68. The molecule has 0 unspecified atom stereocenters. The van der Waals surface area contributed by atoms with Crippen molar-refractivity contribution in [2.75, 3.05) is 5.73 Å². The Morgan fingerprint density at radius 2 is 1.91 bits per heavy atom. The van der Waals surface area contributed by atoms with Crippen molar-refractivity contribution in [1.82, 2.24) is 19.9 Å². The fourth-order valence-electron chi connectivity index (χ4n) is 3.54. The zero-order valence-electron chi connectivity index (χ0n) is 17.0. The molecule has 1 amide bonds. The molecule has 1 atom stereocenters. The van der Waals surface area contributed by atoms with Gasteiger partial charge in [0.15, 0.2) is 11.5 Å². The lowest BCUT2D eigenvalue weighted by atomic mass is 10.0. The molecule has 2 heterocycles. The lowest BCUT2D eigenvalue weighted by molar-refractivity contribution is 0.0934. The van der Waals surface area contributed by atoms with Gasteiger partial charge in [-0.05, 0) is 48.7 Å². The van der Waals surface area contributed by atoms with Gasteiger partial charge in [0.25, 0.3) is 11.5 Å². The maximum Gasteiger partial charge on any atom is 0.274 e. The van der Waals surface area contributed by atoms with Crippen molar-refractivity contribution in [3.05, 3.63) is 94.0 Å². The van der Waals surface area contributed by atoms with E-state index in [1.165, 1.54) is 41.2 Å². The number of fused-ring (bicyclic) bond motifs is 1. The standard InChI is InChI=1S/C24H18FN5O2/c1-3-15-5-4-6-16-13-19(14(2)29-23(31)21-22(26)28-12-11-27-21)30(24(32)20(15)16)18-9-7-17(25)8-10-18/h1,4-14H,2H3,(H2,26,28)(H,29,31)/t14-/m0/s1. The van der Waals surface area contributed by atoms with Gasteiger partial charge >= 0.3 is 0 Å². The second-order valence-electron chi connectivity index (χ2n) is 7.09. The molecule has 0 saturated heterocycles. The minimum absolute atomic E-state index is 0.00898. The van der Waals surface area contributed by atoms with E-state index >= 15 is 0 Å². The van der Waals surface area contributed by atoms with Crippen LogP contribution in [0.5, 0.6) is 0 Å². The van der Waals surface area contributed by atoms with E-state index in [0.717, 1.165) is 0 Å². The zero-order chi connectivity index (χ0) is 22.8. The zero-order valence-corrected chi connectivity index (χ0v) is 17.0. The summed E-state index contributed by atoms with van der Waals surface area (Å²) in [6.45, 7) is 1.72. The van der Waals surface area contributed by atoms with E-state index in [1.807, 2.05) is 0 Å². The van der Waals surface area contributed by atoms with Gasteiger partial charge in [0.05, 0.1) is 11.4 Å². The van der Waals surface area contributed by atoms with Crippen LogP contribution in [0, 0.1) is 18.2 Å². The van der Waals surface area contributed by atoms with Crippen LogP contribution in [0.25, 0.3) is 16.5 Å². The normalized spacial score (nSPS) is 11.7. The SMILES string of the molecule is C#Cc1cccc2cc([C@H](C)NC(=O)c3nccnc3N)n(-c3ccc(F)cc3)c(=O)c12. The van der Waals surface area contributed by atoms with Crippen molar-refractivity contribution in [3.63, 3.8) is 0 Å². The molecule has 0 bridgehead atoms. The highest BCUT2D eigenvalue weighted by Crippen LogP contribution is 2.23. The lowest BCUT2D eigenvalue weighted by Crippen LogP contribution is -2.33. The Kier molecular flexibility index (Phi) is 5.39. The van der Waals surface area contributed by atoms with E-state index in [0.29, 0.717) is 27.7 Å². The van der Waals surface area contributed by atoms with E-state index in [9.17, 15) is 14.0 Å². The van der Waals surface area contributed by atoms with Crippen LogP contribution in [0.2, 0.25) is 0 Å². The van der Waals surface area contributed by atoms with Crippen molar-refractivity contribution >= 4 is 22.5 Å². The highest BCUT2D eigenvalue weighted by atomic mass is 19.1. The predicted octanol–water partition coefficient (Wildman–Crippen LogP) is 2.97. The number of carbonyl (C=O) groups excluding carboxylic acids is 1. The maximum absolute atomic E-state index is 13.5. The number of halogens is 1. The topological polar surface area (TPSA) is 103 Å². The van der Waals surface area contributed by atoms with Crippen molar-refractivity contribution in [3.8, 4) is 18.0 Å². The minimum Gasteiger partial charge on any atom is -0.382 e. The van der Waals surface area contributed by atoms with Crippen LogP contribution in [0.4, 0.5) is 10.2 Å². The van der Waals surface area contributed by atoms with E-state index in [-0.39, 0.29) is 17.1 Å². The van der Waals surface area contributed by atoms with Crippen molar-refractivity contribution in [1.29, 1.82) is 0 Å². The number of amides is 1. The number of hydrogen-bond acceptors (Lipinski definition) is 5. The Morgan fingerprint density at radius 1 is 1.19 bits per heavy atom. The molecule has 4 aromatic rings. The molecular weight excluding hydrogens is 409 g/mol. The van der Waals surface area contributed by atoms with Crippen molar-refractivity contribution in [2.24, 2.45) is 0 Å². The van der Waals surface area contributed by atoms with Gasteiger partial charge in [-0.3, -0.25) is 14.2 Å². The highest BCUT2D eigenvalue weighted by Gasteiger charge is 2.21. The van der Waals surface area contributed by atoms with Gasteiger partial charge in [0, 0.05) is 29.3 Å². The Bertz CT molecular complexity index is 1440. The number of nitrogens with two attached hydrogens (primary N) is 1. The summed E-state index contributed by atoms with van der Waals surface area (Å²) in [4.78, 5) is 34.1. The van der Waals surface area contributed by atoms with Crippen LogP contribution in [0.15, 0.2) is 65.7 Å². The molecule has 0 radical (unpaired) electrons. The average molecular weight is 427 g/mol. The summed E-state index contributed by atoms with van der Waals surface area (Å²) in [7, 11) is 0. The first-order chi connectivity index (χ1) is 15.4. The maximum atomic E-state index is 13.5. The molecular formula is C24H18FN5O2. The number of rotatable bonds is 4. The number of carbonyl (C=O) groups is 1. The van der Waals surface area contributed by atoms with Crippen LogP contribution in [-0.2, 0) is 0 Å². The van der Waals surface area contributed by atoms with Crippen LogP contribution < -0.4 is 16.6 Å². The fraction of sp³-hybridized carbons (Fsp3) is 0.0833. The Labute approximate surface area is 182 Å². The molecule has 0 aliphatic carbocycles. The first-order valence-electron chi connectivity index (χ1n) is 9.69. The van der Waals surface area contributed by atoms with E-state index in [1.54, 1.807) is 31.2 Å². The quantitative estimate of drug-likeness (QED) is 0.488. The largest absolute Gasteiger partial charge is 0.382 e. The number of anilines is 1.